The lowest BCUT2D eigenvalue weighted by molar-refractivity contribution is -0.152. The molecule has 3 fully saturated rings. The predicted molar refractivity (Wildman–Crippen MR) is 158 cm³/mol. The number of anilines is 1. The maximum atomic E-state index is 13.7. The standard InChI is InChI=1S/C30H35ClF2N6O4/c1-29(2)16-39(14-25(40)37-8-4-18(5-9-37)28(42)38-10-6-30(32,33)17-38)24(15-43-29)27(41)36-22-12-19(31)11-21-20-3-7-34-13-23(20)35-26(21)22/h3,7,11-13,18,24,35H,4-6,8-10,14-17H2,1-2H3,(H,36,41). The summed E-state index contributed by atoms with van der Waals surface area (Å²) in [5.74, 6) is -3.92. The second kappa shape index (κ2) is 11.3. The molecule has 3 saturated heterocycles. The number of carbonyl (C=O) groups excluding carboxylic acids is 3. The maximum Gasteiger partial charge on any atom is 0.267 e. The minimum absolute atomic E-state index is 0.00481. The Kier molecular flexibility index (Phi) is 7.80. The van der Waals surface area contributed by atoms with Crippen LogP contribution in [0.2, 0.25) is 5.02 Å². The van der Waals surface area contributed by atoms with E-state index in [0.717, 1.165) is 21.8 Å². The molecule has 230 valence electrons. The highest BCUT2D eigenvalue weighted by molar-refractivity contribution is 6.33. The van der Waals surface area contributed by atoms with Crippen molar-refractivity contribution in [2.24, 2.45) is 5.92 Å². The largest absolute Gasteiger partial charge is 0.372 e. The van der Waals surface area contributed by atoms with Crippen LogP contribution >= 0.6 is 11.6 Å². The normalized spacial score (nSPS) is 22.8. The molecule has 1 aromatic carbocycles. The van der Waals surface area contributed by atoms with Crippen LogP contribution in [0.4, 0.5) is 14.5 Å². The van der Waals surface area contributed by atoms with Crippen LogP contribution in [0.5, 0.6) is 0 Å². The number of benzene rings is 1. The lowest BCUT2D eigenvalue weighted by Gasteiger charge is -2.43. The summed E-state index contributed by atoms with van der Waals surface area (Å²) in [6.45, 7) is 4.55. The monoisotopic (exact) mass is 616 g/mol. The molecule has 10 nitrogen and oxygen atoms in total. The van der Waals surface area contributed by atoms with Gasteiger partial charge in [-0.1, -0.05) is 11.6 Å². The predicted octanol–water partition coefficient (Wildman–Crippen LogP) is 3.89. The van der Waals surface area contributed by atoms with Gasteiger partial charge in [0, 0.05) is 60.5 Å². The lowest BCUT2D eigenvalue weighted by Crippen LogP contribution is -2.60. The molecule has 0 radical (unpaired) electrons. The van der Waals surface area contributed by atoms with Crippen molar-refractivity contribution in [2.75, 3.05) is 51.2 Å². The van der Waals surface area contributed by atoms with Gasteiger partial charge < -0.3 is 24.8 Å². The van der Waals surface area contributed by atoms with E-state index in [1.807, 2.05) is 30.9 Å². The Hall–Kier alpha value is -3.35. The number of carbonyl (C=O) groups is 3. The topological polar surface area (TPSA) is 111 Å². The van der Waals surface area contributed by atoms with Crippen molar-refractivity contribution in [3.8, 4) is 0 Å². The molecule has 3 aromatic rings. The number of alkyl halides is 2. The van der Waals surface area contributed by atoms with Gasteiger partial charge in [-0.3, -0.25) is 24.3 Å². The minimum Gasteiger partial charge on any atom is -0.372 e. The highest BCUT2D eigenvalue weighted by Gasteiger charge is 2.43. The first kappa shape index (κ1) is 29.7. The first-order chi connectivity index (χ1) is 20.4. The van der Waals surface area contributed by atoms with Crippen LogP contribution < -0.4 is 5.32 Å². The van der Waals surface area contributed by atoms with E-state index in [1.165, 1.54) is 4.90 Å². The molecule has 5 heterocycles. The van der Waals surface area contributed by atoms with Crippen LogP contribution in [0.25, 0.3) is 21.8 Å². The third-order valence-corrected chi connectivity index (χ3v) is 8.93. The Morgan fingerprint density at radius 3 is 2.60 bits per heavy atom. The summed E-state index contributed by atoms with van der Waals surface area (Å²) in [4.78, 5) is 52.1. The molecule has 13 heteroatoms. The van der Waals surface area contributed by atoms with Gasteiger partial charge in [0.2, 0.25) is 17.7 Å². The Morgan fingerprint density at radius 2 is 1.88 bits per heavy atom. The number of amides is 3. The van der Waals surface area contributed by atoms with Gasteiger partial charge in [0.05, 0.1) is 48.2 Å². The highest BCUT2D eigenvalue weighted by Crippen LogP contribution is 2.34. The molecule has 2 N–H and O–H groups in total. The summed E-state index contributed by atoms with van der Waals surface area (Å²) in [6, 6.07) is 4.67. The molecular formula is C30H35ClF2N6O4. The van der Waals surface area contributed by atoms with Crippen molar-refractivity contribution < 1.29 is 27.9 Å². The zero-order valence-corrected chi connectivity index (χ0v) is 24.9. The zero-order valence-electron chi connectivity index (χ0n) is 24.2. The van der Waals surface area contributed by atoms with Crippen molar-refractivity contribution in [1.82, 2.24) is 24.7 Å². The van der Waals surface area contributed by atoms with E-state index < -0.39 is 24.1 Å². The third-order valence-electron chi connectivity index (χ3n) is 8.71. The number of halogens is 3. The van der Waals surface area contributed by atoms with E-state index in [0.29, 0.717) is 43.2 Å². The summed E-state index contributed by atoms with van der Waals surface area (Å²) in [5, 5.41) is 5.25. The fourth-order valence-corrected chi connectivity index (χ4v) is 6.64. The number of hydrogen-bond acceptors (Lipinski definition) is 6. The summed E-state index contributed by atoms with van der Waals surface area (Å²) < 4.78 is 33.2. The van der Waals surface area contributed by atoms with Gasteiger partial charge in [0.25, 0.3) is 5.92 Å². The highest BCUT2D eigenvalue weighted by atomic mass is 35.5. The van der Waals surface area contributed by atoms with Crippen LogP contribution in [0.3, 0.4) is 0 Å². The number of H-pyrrole nitrogens is 1. The summed E-state index contributed by atoms with van der Waals surface area (Å²) in [6.07, 6.45) is 3.96. The van der Waals surface area contributed by atoms with Crippen LogP contribution in [0.1, 0.15) is 33.1 Å². The Bertz CT molecular complexity index is 1570. The molecule has 0 spiro atoms. The number of nitrogens with one attached hydrogen (secondary N) is 2. The second-order valence-corrected chi connectivity index (χ2v) is 12.9. The summed E-state index contributed by atoms with van der Waals surface area (Å²) in [5.41, 5.74) is 1.48. The molecule has 43 heavy (non-hydrogen) atoms. The van der Waals surface area contributed by atoms with E-state index >= 15 is 0 Å². The third kappa shape index (κ3) is 6.18. The number of rotatable bonds is 5. The first-order valence-corrected chi connectivity index (χ1v) is 15.0. The quantitative estimate of drug-likeness (QED) is 0.450. The molecule has 1 atom stereocenters. The van der Waals surface area contributed by atoms with Crippen LogP contribution in [-0.4, -0.2) is 106 Å². The van der Waals surface area contributed by atoms with Crippen molar-refractivity contribution in [3.63, 3.8) is 0 Å². The number of nitrogens with zero attached hydrogens (tertiary/aromatic N) is 4. The molecule has 3 aliphatic heterocycles. The first-order valence-electron chi connectivity index (χ1n) is 14.6. The molecule has 0 bridgehead atoms. The average molecular weight is 617 g/mol. The van der Waals surface area contributed by atoms with Crippen molar-refractivity contribution in [3.05, 3.63) is 35.6 Å². The van der Waals surface area contributed by atoms with Crippen LogP contribution in [-0.2, 0) is 19.1 Å². The van der Waals surface area contributed by atoms with Gasteiger partial charge in [-0.25, -0.2) is 8.78 Å². The van der Waals surface area contributed by atoms with Crippen molar-refractivity contribution >= 4 is 56.8 Å². The number of fused-ring (bicyclic) bond motifs is 3. The Morgan fingerprint density at radius 1 is 1.12 bits per heavy atom. The second-order valence-electron chi connectivity index (χ2n) is 12.4. The summed E-state index contributed by atoms with van der Waals surface area (Å²) >= 11 is 6.43. The minimum atomic E-state index is -2.83. The maximum absolute atomic E-state index is 13.7. The molecule has 1 unspecified atom stereocenters. The van der Waals surface area contributed by atoms with E-state index in [1.54, 1.807) is 23.4 Å². The number of aromatic nitrogens is 2. The molecule has 6 rings (SSSR count). The Labute approximate surface area is 252 Å². The fourth-order valence-electron chi connectivity index (χ4n) is 6.43. The number of likely N-dealkylation sites (tertiary alicyclic amines) is 2. The number of piperidine rings is 1. The fraction of sp³-hybridized carbons (Fsp3) is 0.533. The number of ether oxygens (including phenoxy) is 1. The number of hydrogen-bond donors (Lipinski definition) is 2. The van der Waals surface area contributed by atoms with Crippen molar-refractivity contribution in [2.45, 2.75) is 50.7 Å². The molecular weight excluding hydrogens is 582 g/mol. The smallest absolute Gasteiger partial charge is 0.267 e. The molecule has 3 aliphatic rings. The summed E-state index contributed by atoms with van der Waals surface area (Å²) in [7, 11) is 0. The van der Waals surface area contributed by atoms with Gasteiger partial charge >= 0.3 is 0 Å². The number of aromatic amines is 1. The van der Waals surface area contributed by atoms with E-state index in [-0.39, 0.29) is 49.8 Å². The number of pyridine rings is 1. The van der Waals surface area contributed by atoms with Gasteiger partial charge in [0.15, 0.2) is 0 Å². The van der Waals surface area contributed by atoms with Gasteiger partial charge in [-0.05, 0) is 44.9 Å². The van der Waals surface area contributed by atoms with E-state index in [4.69, 9.17) is 16.3 Å². The van der Waals surface area contributed by atoms with Crippen molar-refractivity contribution in [1.29, 1.82) is 0 Å². The van der Waals surface area contributed by atoms with Gasteiger partial charge in [0.1, 0.15) is 6.04 Å². The lowest BCUT2D eigenvalue weighted by atomic mass is 9.95. The van der Waals surface area contributed by atoms with Gasteiger partial charge in [-0.2, -0.15) is 0 Å². The van der Waals surface area contributed by atoms with E-state index in [2.05, 4.69) is 15.3 Å². The zero-order chi connectivity index (χ0) is 30.5. The van der Waals surface area contributed by atoms with E-state index in [9.17, 15) is 23.2 Å². The molecule has 3 amide bonds. The molecule has 0 saturated carbocycles. The van der Waals surface area contributed by atoms with Crippen LogP contribution in [0, 0.1) is 5.92 Å². The molecule has 2 aromatic heterocycles. The number of morpholine rings is 1. The average Bonchev–Trinajstić information content (AvgIpc) is 3.52. The van der Waals surface area contributed by atoms with Gasteiger partial charge in [-0.15, -0.1) is 0 Å². The SMILES string of the molecule is CC1(C)CN(CC(=O)N2CCC(C(=O)N3CCC(F)(F)C3)CC2)C(C(=O)Nc2cc(Cl)cc3c2[nH]c2cnccc23)CO1. The molecule has 0 aliphatic carbocycles. The van der Waals surface area contributed by atoms with Crippen LogP contribution in [0.15, 0.2) is 30.6 Å². The Balaban J connectivity index is 1.12.